The van der Waals surface area contributed by atoms with Crippen LogP contribution in [0.15, 0.2) is 49.1 Å². The number of pyridine rings is 1. The van der Waals surface area contributed by atoms with Crippen LogP contribution in [0.5, 0.6) is 11.5 Å². The third kappa shape index (κ3) is 4.29. The van der Waals surface area contributed by atoms with Crippen molar-refractivity contribution in [3.63, 3.8) is 0 Å². The Kier molecular flexibility index (Phi) is 5.96. The molecule has 4 aromatic rings. The summed E-state index contributed by atoms with van der Waals surface area (Å²) in [4.78, 5) is 12.4. The molecule has 0 spiro atoms. The zero-order chi connectivity index (χ0) is 21.1. The number of rotatable bonds is 8. The minimum atomic E-state index is -0.497. The fourth-order valence-electron chi connectivity index (χ4n) is 3.25. The number of anilines is 1. The maximum absolute atomic E-state index is 14.2. The smallest absolute Gasteiger partial charge is 0.167 e. The Morgan fingerprint density at radius 1 is 1.13 bits per heavy atom. The number of benzene rings is 1. The summed E-state index contributed by atoms with van der Waals surface area (Å²) in [5, 5.41) is 0. The summed E-state index contributed by atoms with van der Waals surface area (Å²) in [5.41, 5.74) is 7.66. The minimum absolute atomic E-state index is 0.132. The van der Waals surface area contributed by atoms with Crippen LogP contribution in [0.1, 0.15) is 13.8 Å². The van der Waals surface area contributed by atoms with Crippen LogP contribution >= 0.6 is 11.3 Å². The van der Waals surface area contributed by atoms with E-state index >= 15 is 0 Å². The van der Waals surface area contributed by atoms with E-state index in [9.17, 15) is 4.39 Å². The molecule has 0 saturated heterocycles. The van der Waals surface area contributed by atoms with Gasteiger partial charge in [0.1, 0.15) is 5.75 Å². The van der Waals surface area contributed by atoms with Crippen molar-refractivity contribution in [2.45, 2.75) is 20.4 Å². The fraction of sp³-hybridized carbons (Fsp3) is 0.273. The van der Waals surface area contributed by atoms with Gasteiger partial charge in [0, 0.05) is 43.3 Å². The highest BCUT2D eigenvalue weighted by Crippen LogP contribution is 2.39. The molecule has 6 nitrogen and oxygen atoms in total. The molecule has 0 unspecified atom stereocenters. The summed E-state index contributed by atoms with van der Waals surface area (Å²) >= 11 is 1.53. The number of nitrogen functional groups attached to an aromatic ring is 1. The number of ether oxygens (including phenoxy) is 1. The van der Waals surface area contributed by atoms with E-state index in [0.717, 1.165) is 47.0 Å². The summed E-state index contributed by atoms with van der Waals surface area (Å²) in [6.07, 6.45) is 5.57. The van der Waals surface area contributed by atoms with E-state index in [1.54, 1.807) is 18.3 Å². The van der Waals surface area contributed by atoms with E-state index < -0.39 is 5.82 Å². The van der Waals surface area contributed by atoms with Crippen LogP contribution in [0.3, 0.4) is 0 Å². The third-order valence-electron chi connectivity index (χ3n) is 5.01. The quantitative estimate of drug-likeness (QED) is 0.402. The van der Waals surface area contributed by atoms with Crippen LogP contribution in [-0.4, -0.2) is 39.1 Å². The highest BCUT2D eigenvalue weighted by atomic mass is 32.1. The monoisotopic (exact) mass is 425 g/mol. The molecule has 0 saturated carbocycles. The van der Waals surface area contributed by atoms with E-state index in [1.165, 1.54) is 23.5 Å². The molecule has 0 aliphatic heterocycles. The molecule has 0 aliphatic rings. The fourth-order valence-corrected chi connectivity index (χ4v) is 4.27. The molecule has 3 heterocycles. The van der Waals surface area contributed by atoms with E-state index in [1.807, 2.05) is 18.6 Å². The number of nitrogens with zero attached hydrogens (tertiary/aromatic N) is 4. The highest BCUT2D eigenvalue weighted by Gasteiger charge is 2.14. The van der Waals surface area contributed by atoms with Gasteiger partial charge < -0.3 is 19.9 Å². The van der Waals surface area contributed by atoms with E-state index in [4.69, 9.17) is 10.5 Å². The molecular weight excluding hydrogens is 401 g/mol. The predicted molar refractivity (Wildman–Crippen MR) is 120 cm³/mol. The van der Waals surface area contributed by atoms with E-state index in [0.29, 0.717) is 11.4 Å². The highest BCUT2D eigenvalue weighted by molar-refractivity contribution is 7.22. The maximum Gasteiger partial charge on any atom is 0.167 e. The predicted octanol–water partition coefficient (Wildman–Crippen LogP) is 5.02. The second-order valence-corrected chi connectivity index (χ2v) is 8.00. The first-order valence-corrected chi connectivity index (χ1v) is 10.7. The van der Waals surface area contributed by atoms with Gasteiger partial charge in [-0.05, 0) is 31.3 Å². The van der Waals surface area contributed by atoms with Crippen molar-refractivity contribution < 1.29 is 9.13 Å². The average molecular weight is 426 g/mol. The normalized spacial score (nSPS) is 11.5. The zero-order valence-electron chi connectivity index (χ0n) is 17.0. The summed E-state index contributed by atoms with van der Waals surface area (Å²) in [6, 6.07) is 8.12. The Bertz CT molecular complexity index is 1150. The Hall–Kier alpha value is -2.97. The lowest BCUT2D eigenvalue weighted by Gasteiger charge is -2.17. The van der Waals surface area contributed by atoms with Crippen LogP contribution in [0, 0.1) is 5.82 Å². The lowest BCUT2D eigenvalue weighted by atomic mass is 10.3. The van der Waals surface area contributed by atoms with Crippen molar-refractivity contribution in [2.24, 2.45) is 0 Å². The number of thiophene rings is 1. The number of fused-ring (bicyclic) bond motifs is 1. The van der Waals surface area contributed by atoms with Crippen LogP contribution in [0.4, 0.5) is 10.1 Å². The van der Waals surface area contributed by atoms with Crippen LogP contribution in [-0.2, 0) is 6.54 Å². The molecule has 0 aliphatic carbocycles. The second kappa shape index (κ2) is 8.81. The van der Waals surface area contributed by atoms with E-state index in [2.05, 4.69) is 33.3 Å². The molecule has 3 aromatic heterocycles. The summed E-state index contributed by atoms with van der Waals surface area (Å²) in [7, 11) is 0. The molecule has 0 fully saturated rings. The molecular formula is C22H24FN5OS. The van der Waals surface area contributed by atoms with Crippen LogP contribution < -0.4 is 10.5 Å². The number of nitrogens with two attached hydrogens (primary N) is 1. The van der Waals surface area contributed by atoms with Crippen molar-refractivity contribution >= 4 is 27.2 Å². The molecule has 1 aromatic carbocycles. The van der Waals surface area contributed by atoms with Crippen LogP contribution in [0.25, 0.3) is 20.8 Å². The van der Waals surface area contributed by atoms with E-state index in [-0.39, 0.29) is 5.75 Å². The molecule has 156 valence electrons. The van der Waals surface area contributed by atoms with Crippen molar-refractivity contribution in [3.8, 4) is 22.1 Å². The summed E-state index contributed by atoms with van der Waals surface area (Å²) in [6.45, 7) is 8.30. The first-order chi connectivity index (χ1) is 14.6. The van der Waals surface area contributed by atoms with Crippen molar-refractivity contribution in [1.82, 2.24) is 19.4 Å². The van der Waals surface area contributed by atoms with Gasteiger partial charge in [-0.15, -0.1) is 11.3 Å². The van der Waals surface area contributed by atoms with Gasteiger partial charge >= 0.3 is 0 Å². The Labute approximate surface area is 178 Å². The third-order valence-corrected chi connectivity index (χ3v) is 6.17. The van der Waals surface area contributed by atoms with Gasteiger partial charge in [-0.2, -0.15) is 0 Å². The maximum atomic E-state index is 14.2. The van der Waals surface area contributed by atoms with Crippen molar-refractivity contribution in [1.29, 1.82) is 0 Å². The molecule has 8 heteroatoms. The number of likely N-dealkylation sites (N-methyl/N-ethyl adjacent to an activating group) is 1. The zero-order valence-corrected chi connectivity index (χ0v) is 17.8. The molecule has 2 N–H and O–H groups in total. The molecule has 30 heavy (non-hydrogen) atoms. The van der Waals surface area contributed by atoms with Gasteiger partial charge in [0.15, 0.2) is 11.6 Å². The lowest BCUT2D eigenvalue weighted by molar-refractivity contribution is 0.290. The second-order valence-electron chi connectivity index (χ2n) is 6.95. The Balaban J connectivity index is 1.58. The number of aromatic nitrogens is 3. The summed E-state index contributed by atoms with van der Waals surface area (Å²) < 4.78 is 22.9. The minimum Gasteiger partial charge on any atom is -0.453 e. The number of hydrogen-bond donors (Lipinski definition) is 1. The number of imidazole rings is 1. The Morgan fingerprint density at radius 3 is 2.73 bits per heavy atom. The van der Waals surface area contributed by atoms with Crippen molar-refractivity contribution in [2.75, 3.05) is 25.4 Å². The Morgan fingerprint density at radius 2 is 1.97 bits per heavy atom. The van der Waals surface area contributed by atoms with Gasteiger partial charge in [-0.25, -0.2) is 9.37 Å². The average Bonchev–Trinajstić information content (AvgIpc) is 3.38. The molecule has 0 bridgehead atoms. The largest absolute Gasteiger partial charge is 0.453 e. The van der Waals surface area contributed by atoms with Gasteiger partial charge in [-0.3, -0.25) is 4.98 Å². The topological polar surface area (TPSA) is 69.2 Å². The lowest BCUT2D eigenvalue weighted by Crippen LogP contribution is -2.26. The first kappa shape index (κ1) is 20.3. The van der Waals surface area contributed by atoms with Gasteiger partial charge in [0.05, 0.1) is 27.1 Å². The van der Waals surface area contributed by atoms with Crippen LogP contribution in [0.2, 0.25) is 0 Å². The van der Waals surface area contributed by atoms with Gasteiger partial charge in [0.25, 0.3) is 0 Å². The number of halogens is 1. The first-order valence-electron chi connectivity index (χ1n) is 9.93. The van der Waals surface area contributed by atoms with Gasteiger partial charge in [0.2, 0.25) is 0 Å². The summed E-state index contributed by atoms with van der Waals surface area (Å²) in [5.74, 6) is 0.192. The van der Waals surface area contributed by atoms with Crippen molar-refractivity contribution in [3.05, 3.63) is 54.9 Å². The molecule has 0 radical (unpaired) electrons. The van der Waals surface area contributed by atoms with Gasteiger partial charge in [-0.1, -0.05) is 13.8 Å². The molecule has 4 rings (SSSR count). The molecule has 0 amide bonds. The molecule has 0 atom stereocenters. The SMILES string of the molecule is CCN(CC)CCn1cnc(-c2cc3nccc(Oc4ccc(N)cc4F)c3s2)c1. The standard InChI is InChI=1S/C22H24FN5OS/c1-3-27(4-2)9-10-28-13-18(26-14-28)21-12-17-22(30-21)20(7-8-25-17)29-19-6-5-15(24)11-16(19)23/h5-8,11-14H,3-4,9-10,24H2,1-2H3. The number of hydrogen-bond acceptors (Lipinski definition) is 6.